The number of phenolic OH excluding ortho intramolecular Hbond substituents is 1. The van der Waals surface area contributed by atoms with Gasteiger partial charge in [-0.1, -0.05) is 80.4 Å². The minimum atomic E-state index is -1.70. The Bertz CT molecular complexity index is 2850. The summed E-state index contributed by atoms with van der Waals surface area (Å²) in [5, 5.41) is 60.1. The number of guanidine groups is 1. The van der Waals surface area contributed by atoms with Crippen LogP contribution in [0.1, 0.15) is 88.1 Å². The summed E-state index contributed by atoms with van der Waals surface area (Å²) in [6.07, 6.45) is -1.44. The molecule has 23 nitrogen and oxygen atoms in total. The molecule has 7 rings (SSSR count). The van der Waals surface area contributed by atoms with Gasteiger partial charge in [0, 0.05) is 38.0 Å². The molecule has 4 aromatic rings. The lowest BCUT2D eigenvalue weighted by Crippen LogP contribution is -2.61. The maximum absolute atomic E-state index is 14.5. The van der Waals surface area contributed by atoms with Gasteiger partial charge < -0.3 is 78.4 Å². The van der Waals surface area contributed by atoms with Crippen LogP contribution in [0.2, 0.25) is 0 Å². The second-order valence-corrected chi connectivity index (χ2v) is 20.9. The molecular formula is C58H75N11O12. The molecule has 0 spiro atoms. The van der Waals surface area contributed by atoms with Crippen LogP contribution in [0.5, 0.6) is 11.5 Å². The van der Waals surface area contributed by atoms with Crippen molar-refractivity contribution in [2.24, 2.45) is 16.6 Å². The summed E-state index contributed by atoms with van der Waals surface area (Å²) < 4.78 is 5.86. The Balaban J connectivity index is 1.14. The fraction of sp³-hybridized carbons (Fsp3) is 0.448. The van der Waals surface area contributed by atoms with Gasteiger partial charge in [0.15, 0.2) is 0 Å². The number of nitrogens with two attached hydrogens (primary N) is 2. The van der Waals surface area contributed by atoms with Gasteiger partial charge >= 0.3 is 0 Å². The summed E-state index contributed by atoms with van der Waals surface area (Å²) >= 11 is 0. The highest BCUT2D eigenvalue weighted by Gasteiger charge is 2.46. The average molecular weight is 1120 g/mol. The molecule has 3 aliphatic rings. The van der Waals surface area contributed by atoms with Gasteiger partial charge in [-0.2, -0.15) is 0 Å². The van der Waals surface area contributed by atoms with E-state index in [2.05, 4.69) is 44.0 Å². The fourth-order valence-electron chi connectivity index (χ4n) is 10.1. The number of unbranched alkanes of at least 4 members (excludes halogenated alkanes) is 2. The van der Waals surface area contributed by atoms with Crippen LogP contribution >= 0.6 is 0 Å². The summed E-state index contributed by atoms with van der Waals surface area (Å²) in [7, 11) is 0. The van der Waals surface area contributed by atoms with Crippen LogP contribution in [0, 0.1) is 0 Å². The Labute approximate surface area is 470 Å². The summed E-state index contributed by atoms with van der Waals surface area (Å²) in [4.78, 5) is 102. The summed E-state index contributed by atoms with van der Waals surface area (Å²) in [5.74, 6) is -5.30. The van der Waals surface area contributed by atoms with Crippen molar-refractivity contribution in [3.8, 4) is 33.8 Å². The van der Waals surface area contributed by atoms with E-state index in [-0.39, 0.29) is 68.9 Å². The minimum Gasteiger partial charge on any atom is -0.508 e. The molecule has 23 heteroatoms. The number of fused-ring (bicyclic) bond motifs is 2. The van der Waals surface area contributed by atoms with Crippen molar-refractivity contribution in [2.75, 3.05) is 26.2 Å². The maximum atomic E-state index is 14.5. The molecule has 3 aliphatic heterocycles. The lowest BCUT2D eigenvalue weighted by atomic mass is 9.99. The molecule has 3 saturated heterocycles. The average Bonchev–Trinajstić information content (AvgIpc) is 4.21. The molecular weight excluding hydrogens is 1040 g/mol. The number of hydrogen-bond acceptors (Lipinski definition) is 14. The van der Waals surface area contributed by atoms with Gasteiger partial charge in [-0.05, 0) is 110 Å². The number of nitrogens with one attached hydrogen (secondary N) is 6. The summed E-state index contributed by atoms with van der Waals surface area (Å²) in [5.41, 5.74) is 18.5. The fourth-order valence-corrected chi connectivity index (χ4v) is 10.1. The van der Waals surface area contributed by atoms with Crippen LogP contribution in [-0.2, 0) is 35.2 Å². The molecule has 81 heavy (non-hydrogen) atoms. The normalized spacial score (nSPS) is 24.0. The Hall–Kier alpha value is -8.28. The third-order valence-corrected chi connectivity index (χ3v) is 14.7. The highest BCUT2D eigenvalue weighted by molar-refractivity contribution is 6.00. The quantitative estimate of drug-likeness (QED) is 0.0321. The first kappa shape index (κ1) is 60.4. The number of carbonyl (C=O) groups is 7. The van der Waals surface area contributed by atoms with E-state index in [4.69, 9.17) is 16.2 Å². The zero-order valence-corrected chi connectivity index (χ0v) is 45.8. The van der Waals surface area contributed by atoms with Crippen molar-refractivity contribution in [3.63, 3.8) is 0 Å². The predicted octanol–water partition coefficient (Wildman–Crippen LogP) is 0.862. The lowest BCUT2D eigenvalue weighted by Gasteiger charge is -2.32. The van der Waals surface area contributed by atoms with E-state index in [1.807, 2.05) is 48.5 Å². The largest absolute Gasteiger partial charge is 0.508 e. The number of aliphatic hydroxyl groups excluding tert-OH is 3. The number of amides is 7. The third kappa shape index (κ3) is 16.2. The molecule has 0 aromatic heterocycles. The van der Waals surface area contributed by atoms with Crippen molar-refractivity contribution < 1.29 is 58.7 Å². The number of aliphatic hydroxyl groups is 3. The van der Waals surface area contributed by atoms with Crippen LogP contribution in [0.3, 0.4) is 0 Å². The number of aryl methyl sites for hydroxylation is 1. The van der Waals surface area contributed by atoms with Crippen molar-refractivity contribution in [3.05, 3.63) is 108 Å². The SMILES string of the molecule is CCCCCOc1ccc(-c2ccc(-c3ccc(C(=O)N[C@H]4CCCNC(=O)[C@@H]5C[C@H](NN=C(N)N)CN5C(=O)[C@H]([C@@H](C)O)NC(=O)[C@H](CCc5ccc(O)cc5)NC(=O)[C@@H]5C[C@@H](O)CN5C(=O)[C@H]([C@@H](C)O)NC4=O)cc3)cc2)cc1. The first-order valence-corrected chi connectivity index (χ1v) is 27.5. The van der Waals surface area contributed by atoms with Gasteiger partial charge in [0.25, 0.3) is 5.91 Å². The molecule has 0 saturated carbocycles. The van der Waals surface area contributed by atoms with Gasteiger partial charge in [-0.25, -0.2) is 0 Å². The molecule has 3 heterocycles. The second-order valence-electron chi connectivity index (χ2n) is 20.9. The number of phenols is 1. The van der Waals surface area contributed by atoms with Crippen molar-refractivity contribution >= 4 is 47.3 Å². The Morgan fingerprint density at radius 2 is 1.27 bits per heavy atom. The number of hydrogen-bond donors (Lipinski definition) is 12. The topological polar surface area (TPSA) is 353 Å². The van der Waals surface area contributed by atoms with E-state index in [1.165, 1.54) is 30.9 Å². The smallest absolute Gasteiger partial charge is 0.251 e. The zero-order valence-electron chi connectivity index (χ0n) is 45.8. The molecule has 3 fully saturated rings. The van der Waals surface area contributed by atoms with Gasteiger partial charge in [-0.3, -0.25) is 33.6 Å². The first-order chi connectivity index (χ1) is 38.8. The molecule has 0 aliphatic carbocycles. The Morgan fingerprint density at radius 3 is 1.85 bits per heavy atom. The molecule has 0 unspecified atom stereocenters. The number of nitrogens with zero attached hydrogens (tertiary/aromatic N) is 3. The van der Waals surface area contributed by atoms with E-state index in [1.54, 1.807) is 36.4 Å². The summed E-state index contributed by atoms with van der Waals surface area (Å²) in [6.45, 7) is 4.70. The Kier molecular flexibility index (Phi) is 21.0. The van der Waals surface area contributed by atoms with E-state index < -0.39 is 108 Å². The van der Waals surface area contributed by atoms with Gasteiger partial charge in [0.2, 0.25) is 41.4 Å². The van der Waals surface area contributed by atoms with E-state index in [0.717, 1.165) is 52.2 Å². The molecule has 0 bridgehead atoms. The van der Waals surface area contributed by atoms with Crippen molar-refractivity contribution in [1.29, 1.82) is 0 Å². The monoisotopic (exact) mass is 1120 g/mol. The van der Waals surface area contributed by atoms with Crippen LogP contribution in [0.15, 0.2) is 102 Å². The number of carbonyl (C=O) groups excluding carboxylic acids is 7. The molecule has 14 N–H and O–H groups in total. The summed E-state index contributed by atoms with van der Waals surface area (Å²) in [6, 6.07) is 19.2. The predicted molar refractivity (Wildman–Crippen MR) is 300 cm³/mol. The number of benzene rings is 4. The number of aromatic hydroxyl groups is 1. The van der Waals surface area contributed by atoms with Gasteiger partial charge in [0.05, 0.1) is 31.0 Å². The molecule has 434 valence electrons. The second kappa shape index (κ2) is 28.2. The highest BCUT2D eigenvalue weighted by Crippen LogP contribution is 2.28. The minimum absolute atomic E-state index is 0.00977. The Morgan fingerprint density at radius 1 is 0.716 bits per heavy atom. The van der Waals surface area contributed by atoms with Gasteiger partial charge in [-0.15, -0.1) is 5.10 Å². The third-order valence-electron chi connectivity index (χ3n) is 14.7. The molecule has 0 radical (unpaired) electrons. The zero-order chi connectivity index (χ0) is 58.3. The molecule has 10 atom stereocenters. The van der Waals surface area contributed by atoms with Crippen LogP contribution in [0.25, 0.3) is 22.3 Å². The first-order valence-electron chi connectivity index (χ1n) is 27.5. The van der Waals surface area contributed by atoms with Crippen molar-refractivity contribution in [1.82, 2.24) is 41.8 Å². The lowest BCUT2D eigenvalue weighted by molar-refractivity contribution is -0.145. The maximum Gasteiger partial charge on any atom is 0.251 e. The van der Waals surface area contributed by atoms with E-state index >= 15 is 0 Å². The van der Waals surface area contributed by atoms with E-state index in [9.17, 15) is 54.0 Å². The number of rotatable bonds is 16. The number of ether oxygens (including phenoxy) is 1. The van der Waals surface area contributed by atoms with E-state index in [0.29, 0.717) is 12.2 Å². The van der Waals surface area contributed by atoms with Crippen molar-refractivity contribution in [2.45, 2.75) is 139 Å². The van der Waals surface area contributed by atoms with Gasteiger partial charge in [0.1, 0.15) is 47.8 Å². The van der Waals surface area contributed by atoms with Crippen LogP contribution in [-0.4, -0.2) is 164 Å². The highest BCUT2D eigenvalue weighted by atomic mass is 16.5. The number of hydrazone groups is 1. The van der Waals surface area contributed by atoms with Crippen LogP contribution < -0.4 is 48.2 Å². The standard InChI is InChI=1S/C58H75N11O12/c1-4-5-6-28-81-44-24-20-39(21-25-44)37-14-12-36(13-15-37)38-16-18-40(19-17-38)51(74)62-45-8-7-27-61-54(77)47-29-41(66-67-58(59)60)31-68(47)56(79)49(33(2)70)65-53(76)46(26-11-35-9-22-42(72)23-10-35)63-55(78)48-30-43(73)32-69(48)57(80)50(34(3)71)64-52(45)75/h9-10,12-25,33-34,41,43,45-50,66,70-73H,4-8,11,26-32H2,1-3H3,(H,61,77)(H,62,74)(H,63,78)(H,64,75)(H,65,76)(H4,59,60,67)/t33-,34-,41+,43-,45+,46+,47+,48+,49+,50+/m1/s1. The molecule has 7 amide bonds. The van der Waals surface area contributed by atoms with Crippen LogP contribution in [0.4, 0.5) is 0 Å². The molecule has 4 aromatic carbocycles.